The van der Waals surface area contributed by atoms with Gasteiger partial charge in [0, 0.05) is 5.56 Å². The molecule has 1 aliphatic heterocycles. The van der Waals surface area contributed by atoms with Gasteiger partial charge >= 0.3 is 0 Å². The molecule has 0 saturated heterocycles. The molecule has 1 aliphatic rings. The number of nitrogens with zero attached hydrogens (tertiary/aromatic N) is 5. The summed E-state index contributed by atoms with van der Waals surface area (Å²) >= 11 is 0. The molecule has 0 spiro atoms. The minimum Gasteiger partial charge on any atom is -0.301 e. The molecular weight excluding hydrogens is 216 g/mol. The zero-order valence-corrected chi connectivity index (χ0v) is 9.20. The van der Waals surface area contributed by atoms with Gasteiger partial charge in [-0.25, -0.2) is 9.67 Å². The third kappa shape index (κ3) is 1.45. The van der Waals surface area contributed by atoms with Gasteiger partial charge in [0.2, 0.25) is 0 Å². The maximum atomic E-state index is 8.11. The number of hydrogen-bond acceptors (Lipinski definition) is 5. The van der Waals surface area contributed by atoms with Crippen molar-refractivity contribution in [2.24, 2.45) is 4.99 Å². The molecule has 0 saturated carbocycles. The van der Waals surface area contributed by atoms with E-state index in [-0.39, 0.29) is 6.04 Å². The molecule has 0 amide bonds. The van der Waals surface area contributed by atoms with Crippen LogP contribution >= 0.6 is 0 Å². The molecule has 1 unspecified atom stereocenters. The molecule has 2 heterocycles. The van der Waals surface area contributed by atoms with E-state index in [4.69, 9.17) is 5.41 Å². The van der Waals surface area contributed by atoms with Crippen LogP contribution in [-0.4, -0.2) is 31.6 Å². The lowest BCUT2D eigenvalue weighted by atomic mass is 10.0. The van der Waals surface area contributed by atoms with E-state index in [9.17, 15) is 0 Å². The smallest absolute Gasteiger partial charge is 0.270 e. The normalized spacial score (nSPS) is 18.8. The highest BCUT2D eigenvalue weighted by Gasteiger charge is 2.27. The van der Waals surface area contributed by atoms with Crippen LogP contribution in [0, 0.1) is 5.41 Å². The molecule has 1 N–H and O–H groups in total. The molecule has 17 heavy (non-hydrogen) atoms. The predicted molar refractivity (Wildman–Crippen MR) is 62.9 cm³/mol. The Bertz CT molecular complexity index is 597. The number of fused-ring (bicyclic) bond motifs is 1. The van der Waals surface area contributed by atoms with Crippen molar-refractivity contribution in [3.8, 4) is 0 Å². The van der Waals surface area contributed by atoms with Crippen LogP contribution in [-0.2, 0) is 0 Å². The topological polar surface area (TPSA) is 79.8 Å². The zero-order chi connectivity index (χ0) is 11.8. The summed E-state index contributed by atoms with van der Waals surface area (Å²) in [4.78, 5) is 4.33. The first kappa shape index (κ1) is 9.83. The van der Waals surface area contributed by atoms with Gasteiger partial charge in [0.1, 0.15) is 0 Å². The van der Waals surface area contributed by atoms with E-state index in [2.05, 4.69) is 20.5 Å². The van der Waals surface area contributed by atoms with Gasteiger partial charge < -0.3 is 5.41 Å². The summed E-state index contributed by atoms with van der Waals surface area (Å²) in [5.41, 5.74) is 1.98. The van der Waals surface area contributed by atoms with E-state index in [0.717, 1.165) is 5.56 Å². The van der Waals surface area contributed by atoms with Gasteiger partial charge in [0.05, 0.1) is 17.5 Å². The maximum Gasteiger partial charge on any atom is 0.270 e. The van der Waals surface area contributed by atoms with Crippen LogP contribution in [0.5, 0.6) is 0 Å². The third-order valence-electron chi connectivity index (χ3n) is 2.77. The number of rotatable bonds is 1. The molecule has 3 rings (SSSR count). The molecule has 2 aromatic rings. The Kier molecular flexibility index (Phi) is 2.07. The van der Waals surface area contributed by atoms with Crippen LogP contribution in [0.4, 0.5) is 5.95 Å². The van der Waals surface area contributed by atoms with Crippen molar-refractivity contribution in [3.63, 3.8) is 0 Å². The lowest BCUT2D eigenvalue weighted by Gasteiger charge is -2.19. The SMILES string of the molecule is CC1C(=N)C(c2ccccc2)=Nc2nnnn21. The minimum absolute atomic E-state index is 0.187. The number of benzene rings is 1. The Hall–Kier alpha value is -2.37. The van der Waals surface area contributed by atoms with Crippen LogP contribution in [0.3, 0.4) is 0 Å². The molecule has 0 fully saturated rings. The van der Waals surface area contributed by atoms with Crippen LogP contribution in [0.2, 0.25) is 0 Å². The Morgan fingerprint density at radius 3 is 2.76 bits per heavy atom. The molecule has 84 valence electrons. The van der Waals surface area contributed by atoms with Gasteiger partial charge in [-0.05, 0) is 17.4 Å². The van der Waals surface area contributed by atoms with E-state index in [1.54, 1.807) is 4.68 Å². The van der Waals surface area contributed by atoms with Crippen LogP contribution < -0.4 is 0 Å². The highest BCUT2D eigenvalue weighted by molar-refractivity contribution is 6.49. The number of nitrogens with one attached hydrogen (secondary N) is 1. The quantitative estimate of drug-likeness (QED) is 0.797. The Morgan fingerprint density at radius 1 is 1.24 bits per heavy atom. The second-order valence-electron chi connectivity index (χ2n) is 3.84. The fourth-order valence-corrected chi connectivity index (χ4v) is 1.81. The lowest BCUT2D eigenvalue weighted by molar-refractivity contribution is 0.582. The molecule has 0 bridgehead atoms. The van der Waals surface area contributed by atoms with Gasteiger partial charge in [-0.15, -0.1) is 0 Å². The van der Waals surface area contributed by atoms with Gasteiger partial charge in [0.25, 0.3) is 5.95 Å². The van der Waals surface area contributed by atoms with E-state index in [1.165, 1.54) is 0 Å². The standard InChI is InChI=1S/C11H10N6/c1-7-9(12)10(8-5-3-2-4-6-8)13-11-14-15-16-17(7)11/h2-7,12H,1H3. The van der Waals surface area contributed by atoms with Crippen LogP contribution in [0.25, 0.3) is 0 Å². The van der Waals surface area contributed by atoms with Crippen molar-refractivity contribution in [1.29, 1.82) is 5.41 Å². The summed E-state index contributed by atoms with van der Waals surface area (Å²) in [5, 5.41) is 19.3. The zero-order valence-electron chi connectivity index (χ0n) is 9.20. The highest BCUT2D eigenvalue weighted by Crippen LogP contribution is 2.23. The summed E-state index contributed by atoms with van der Waals surface area (Å²) in [6.45, 7) is 1.89. The largest absolute Gasteiger partial charge is 0.301 e. The molecule has 6 heteroatoms. The van der Waals surface area contributed by atoms with Gasteiger partial charge in [-0.2, -0.15) is 0 Å². The number of aliphatic imine (C=N–C) groups is 1. The molecular formula is C11H10N6. The first-order chi connectivity index (χ1) is 8.27. The number of tetrazole rings is 1. The highest BCUT2D eigenvalue weighted by atomic mass is 15.6. The average molecular weight is 226 g/mol. The molecule has 1 atom stereocenters. The van der Waals surface area contributed by atoms with E-state index >= 15 is 0 Å². The fourth-order valence-electron chi connectivity index (χ4n) is 1.81. The predicted octanol–water partition coefficient (Wildman–Crippen LogP) is 1.39. The van der Waals surface area contributed by atoms with Crippen LogP contribution in [0.15, 0.2) is 35.3 Å². The van der Waals surface area contributed by atoms with Crippen molar-refractivity contribution in [2.75, 3.05) is 0 Å². The molecule has 1 aromatic heterocycles. The van der Waals surface area contributed by atoms with Crippen molar-refractivity contribution in [1.82, 2.24) is 20.2 Å². The van der Waals surface area contributed by atoms with Crippen molar-refractivity contribution >= 4 is 17.4 Å². The Morgan fingerprint density at radius 2 is 2.00 bits per heavy atom. The van der Waals surface area contributed by atoms with Crippen molar-refractivity contribution in [3.05, 3.63) is 35.9 Å². The summed E-state index contributed by atoms with van der Waals surface area (Å²) in [6.07, 6.45) is 0. The second kappa shape index (κ2) is 3.58. The third-order valence-corrected chi connectivity index (χ3v) is 2.77. The monoisotopic (exact) mass is 226 g/mol. The van der Waals surface area contributed by atoms with Gasteiger partial charge in [-0.1, -0.05) is 35.4 Å². The minimum atomic E-state index is -0.187. The Labute approximate surface area is 97.5 Å². The average Bonchev–Trinajstić information content (AvgIpc) is 2.83. The number of aromatic nitrogens is 4. The first-order valence-corrected chi connectivity index (χ1v) is 5.28. The number of hydrogen-bond donors (Lipinski definition) is 1. The van der Waals surface area contributed by atoms with E-state index < -0.39 is 0 Å². The molecule has 6 nitrogen and oxygen atoms in total. The lowest BCUT2D eigenvalue weighted by Crippen LogP contribution is -2.29. The van der Waals surface area contributed by atoms with E-state index in [1.807, 2.05) is 37.3 Å². The van der Waals surface area contributed by atoms with Crippen molar-refractivity contribution < 1.29 is 0 Å². The summed E-state index contributed by atoms with van der Waals surface area (Å²) < 4.78 is 1.55. The Balaban J connectivity index is 2.16. The van der Waals surface area contributed by atoms with Crippen molar-refractivity contribution in [2.45, 2.75) is 13.0 Å². The summed E-state index contributed by atoms with van der Waals surface area (Å²) in [6, 6.07) is 9.46. The van der Waals surface area contributed by atoms with E-state index in [0.29, 0.717) is 17.4 Å². The first-order valence-electron chi connectivity index (χ1n) is 5.28. The van der Waals surface area contributed by atoms with Crippen LogP contribution in [0.1, 0.15) is 18.5 Å². The fraction of sp³-hybridized carbons (Fsp3) is 0.182. The molecule has 0 aliphatic carbocycles. The summed E-state index contributed by atoms with van der Waals surface area (Å²) in [5.74, 6) is 0.451. The molecule has 1 aromatic carbocycles. The maximum absolute atomic E-state index is 8.11. The summed E-state index contributed by atoms with van der Waals surface area (Å²) in [7, 11) is 0. The second-order valence-corrected chi connectivity index (χ2v) is 3.84. The van der Waals surface area contributed by atoms with Gasteiger partial charge in [0.15, 0.2) is 0 Å². The molecule has 0 radical (unpaired) electrons. The van der Waals surface area contributed by atoms with Gasteiger partial charge in [-0.3, -0.25) is 0 Å².